The summed E-state index contributed by atoms with van der Waals surface area (Å²) >= 11 is 5.95. The zero-order valence-electron chi connectivity index (χ0n) is 15.1. The van der Waals surface area contributed by atoms with Crippen LogP contribution < -0.4 is 4.74 Å². The zero-order chi connectivity index (χ0) is 18.0. The number of halogens is 1. The van der Waals surface area contributed by atoms with E-state index in [4.69, 9.17) is 16.3 Å². The lowest BCUT2D eigenvalue weighted by Crippen LogP contribution is -2.42. The predicted molar refractivity (Wildman–Crippen MR) is 100 cm³/mol. The summed E-state index contributed by atoms with van der Waals surface area (Å²) in [6.07, 6.45) is 3.28. The molecule has 1 aromatic carbocycles. The molecule has 1 aliphatic heterocycles. The summed E-state index contributed by atoms with van der Waals surface area (Å²) in [5.41, 5.74) is 3.37. The molecule has 134 valence electrons. The van der Waals surface area contributed by atoms with E-state index in [1.54, 1.807) is 7.11 Å². The molecule has 5 heteroatoms. The van der Waals surface area contributed by atoms with E-state index in [0.717, 1.165) is 47.8 Å². The molecule has 3 rings (SSSR count). The quantitative estimate of drug-likeness (QED) is 0.899. The van der Waals surface area contributed by atoms with Gasteiger partial charge < -0.3 is 9.84 Å². The van der Waals surface area contributed by atoms with Crippen molar-refractivity contribution in [1.29, 1.82) is 0 Å². The van der Waals surface area contributed by atoms with Crippen LogP contribution in [0.3, 0.4) is 0 Å². The minimum atomic E-state index is -0.769. The van der Waals surface area contributed by atoms with Crippen LogP contribution in [0.25, 0.3) is 0 Å². The second-order valence-electron chi connectivity index (χ2n) is 6.86. The maximum atomic E-state index is 11.0. The molecule has 1 N–H and O–H groups in total. The van der Waals surface area contributed by atoms with Crippen molar-refractivity contribution in [1.82, 2.24) is 9.88 Å². The van der Waals surface area contributed by atoms with Crippen LogP contribution in [0.1, 0.15) is 35.2 Å². The van der Waals surface area contributed by atoms with Gasteiger partial charge in [-0.3, -0.25) is 9.88 Å². The number of aromatic nitrogens is 1. The number of aryl methyl sites for hydroxylation is 1. The normalized spacial score (nSPS) is 17.5. The van der Waals surface area contributed by atoms with Gasteiger partial charge in [-0.05, 0) is 44.4 Å². The Kier molecular flexibility index (Phi) is 5.32. The van der Waals surface area contributed by atoms with Crippen LogP contribution in [0.15, 0.2) is 30.5 Å². The van der Waals surface area contributed by atoms with Crippen molar-refractivity contribution in [2.24, 2.45) is 0 Å². The lowest BCUT2D eigenvalue weighted by molar-refractivity contribution is -0.0280. The monoisotopic (exact) mass is 360 g/mol. The van der Waals surface area contributed by atoms with Gasteiger partial charge in [0.1, 0.15) is 5.75 Å². The first kappa shape index (κ1) is 18.2. The standard InChI is InChI=1S/C20H25ClN2O2/c1-14-12-22-18(15(2)19(14)25-3)13-23-10-8-20(24,9-11-23)16-4-6-17(21)7-5-16/h4-7,12,24H,8-11,13H2,1-3H3. The molecule has 0 radical (unpaired) electrons. The molecule has 1 fully saturated rings. The summed E-state index contributed by atoms with van der Waals surface area (Å²) in [6.45, 7) is 6.50. The second-order valence-corrected chi connectivity index (χ2v) is 7.30. The maximum Gasteiger partial charge on any atom is 0.128 e. The van der Waals surface area contributed by atoms with E-state index in [9.17, 15) is 5.11 Å². The number of ether oxygens (including phenoxy) is 1. The largest absolute Gasteiger partial charge is 0.496 e. The Balaban J connectivity index is 1.68. The van der Waals surface area contributed by atoms with Gasteiger partial charge in [-0.15, -0.1) is 0 Å². The first-order valence-electron chi connectivity index (χ1n) is 8.63. The molecule has 1 aliphatic rings. The molecule has 0 aliphatic carbocycles. The fraction of sp³-hybridized carbons (Fsp3) is 0.450. The van der Waals surface area contributed by atoms with Crippen molar-refractivity contribution in [3.05, 3.63) is 57.9 Å². The smallest absolute Gasteiger partial charge is 0.128 e. The molecule has 0 atom stereocenters. The highest BCUT2D eigenvalue weighted by molar-refractivity contribution is 6.30. The molecule has 4 nitrogen and oxygen atoms in total. The predicted octanol–water partition coefficient (Wildman–Crippen LogP) is 3.84. The van der Waals surface area contributed by atoms with Crippen molar-refractivity contribution in [3.8, 4) is 5.75 Å². The van der Waals surface area contributed by atoms with Crippen molar-refractivity contribution < 1.29 is 9.84 Å². The summed E-state index contributed by atoms with van der Waals surface area (Å²) in [5.74, 6) is 0.916. The second kappa shape index (κ2) is 7.32. The molecule has 0 amide bonds. The van der Waals surface area contributed by atoms with E-state index in [1.165, 1.54) is 0 Å². The molecule has 2 aromatic rings. The Morgan fingerprint density at radius 2 is 1.84 bits per heavy atom. The summed E-state index contributed by atoms with van der Waals surface area (Å²) in [5, 5.41) is 11.7. The first-order chi connectivity index (χ1) is 11.9. The number of hydrogen-bond acceptors (Lipinski definition) is 4. The minimum absolute atomic E-state index is 0.694. The molecule has 1 saturated heterocycles. The molecule has 0 spiro atoms. The number of piperidine rings is 1. The number of likely N-dealkylation sites (tertiary alicyclic amines) is 1. The van der Waals surface area contributed by atoms with Gasteiger partial charge >= 0.3 is 0 Å². The van der Waals surface area contributed by atoms with Gasteiger partial charge in [0, 0.05) is 42.0 Å². The Morgan fingerprint density at radius 3 is 2.44 bits per heavy atom. The molecule has 0 saturated carbocycles. The lowest BCUT2D eigenvalue weighted by Gasteiger charge is -2.38. The number of aliphatic hydroxyl groups is 1. The van der Waals surface area contributed by atoms with Crippen molar-refractivity contribution in [2.45, 2.75) is 38.8 Å². The molecule has 0 bridgehead atoms. The van der Waals surface area contributed by atoms with Crippen LogP contribution >= 0.6 is 11.6 Å². The number of rotatable bonds is 4. The maximum absolute atomic E-state index is 11.0. The van der Waals surface area contributed by atoms with Crippen LogP contribution in [0.4, 0.5) is 0 Å². The van der Waals surface area contributed by atoms with Gasteiger partial charge in [-0.1, -0.05) is 23.7 Å². The number of pyridine rings is 1. The van der Waals surface area contributed by atoms with E-state index < -0.39 is 5.60 Å². The van der Waals surface area contributed by atoms with E-state index in [0.29, 0.717) is 17.9 Å². The van der Waals surface area contributed by atoms with Gasteiger partial charge in [0.25, 0.3) is 0 Å². The molecule has 1 aromatic heterocycles. The van der Waals surface area contributed by atoms with E-state index in [-0.39, 0.29) is 0 Å². The first-order valence-corrected chi connectivity index (χ1v) is 9.00. The fourth-order valence-electron chi connectivity index (χ4n) is 3.57. The van der Waals surface area contributed by atoms with Gasteiger partial charge in [0.15, 0.2) is 0 Å². The number of methoxy groups -OCH3 is 1. The van der Waals surface area contributed by atoms with Crippen molar-refractivity contribution in [3.63, 3.8) is 0 Å². The summed E-state index contributed by atoms with van der Waals surface area (Å²) < 4.78 is 5.50. The average Bonchev–Trinajstić information content (AvgIpc) is 2.60. The van der Waals surface area contributed by atoms with Crippen molar-refractivity contribution >= 4 is 11.6 Å². The highest BCUT2D eigenvalue weighted by Gasteiger charge is 2.34. The summed E-state index contributed by atoms with van der Waals surface area (Å²) in [4.78, 5) is 6.93. The van der Waals surface area contributed by atoms with Crippen LogP contribution in [-0.4, -0.2) is 35.2 Å². The van der Waals surface area contributed by atoms with E-state index in [1.807, 2.05) is 37.4 Å². The highest BCUT2D eigenvalue weighted by atomic mass is 35.5. The molecular formula is C20H25ClN2O2. The number of nitrogens with zero attached hydrogens (tertiary/aromatic N) is 2. The zero-order valence-corrected chi connectivity index (χ0v) is 15.8. The van der Waals surface area contributed by atoms with Crippen LogP contribution in [0, 0.1) is 13.8 Å². The molecule has 0 unspecified atom stereocenters. The van der Waals surface area contributed by atoms with Crippen LogP contribution in [0.2, 0.25) is 5.02 Å². The van der Waals surface area contributed by atoms with Gasteiger partial charge in [0.05, 0.1) is 18.4 Å². The Hall–Kier alpha value is -1.62. The van der Waals surface area contributed by atoms with E-state index >= 15 is 0 Å². The van der Waals surface area contributed by atoms with Gasteiger partial charge in [-0.25, -0.2) is 0 Å². The number of hydrogen-bond donors (Lipinski definition) is 1. The fourth-order valence-corrected chi connectivity index (χ4v) is 3.70. The average molecular weight is 361 g/mol. The van der Waals surface area contributed by atoms with Crippen molar-refractivity contribution in [2.75, 3.05) is 20.2 Å². The van der Waals surface area contributed by atoms with Crippen LogP contribution in [-0.2, 0) is 12.1 Å². The topological polar surface area (TPSA) is 45.6 Å². The molecular weight excluding hydrogens is 336 g/mol. The highest BCUT2D eigenvalue weighted by Crippen LogP contribution is 2.34. The molecule has 2 heterocycles. The third kappa shape index (κ3) is 3.81. The Morgan fingerprint density at radius 1 is 1.20 bits per heavy atom. The third-order valence-corrected chi connectivity index (χ3v) is 5.44. The lowest BCUT2D eigenvalue weighted by atomic mass is 9.84. The minimum Gasteiger partial charge on any atom is -0.496 e. The van der Waals surface area contributed by atoms with Gasteiger partial charge in [0.2, 0.25) is 0 Å². The Labute approximate surface area is 154 Å². The van der Waals surface area contributed by atoms with E-state index in [2.05, 4.69) is 16.8 Å². The SMILES string of the molecule is COc1c(C)cnc(CN2CCC(O)(c3ccc(Cl)cc3)CC2)c1C. The van der Waals surface area contributed by atoms with Crippen LogP contribution in [0.5, 0.6) is 5.75 Å². The third-order valence-electron chi connectivity index (χ3n) is 5.19. The van der Waals surface area contributed by atoms with Gasteiger partial charge in [-0.2, -0.15) is 0 Å². The molecule has 25 heavy (non-hydrogen) atoms. The summed E-state index contributed by atoms with van der Waals surface area (Å²) in [7, 11) is 1.70. The Bertz CT molecular complexity index is 738. The summed E-state index contributed by atoms with van der Waals surface area (Å²) in [6, 6.07) is 7.53. The number of benzene rings is 1.